The van der Waals surface area contributed by atoms with Gasteiger partial charge in [0.2, 0.25) is 0 Å². The van der Waals surface area contributed by atoms with Crippen LogP contribution in [0.4, 0.5) is 0 Å². The summed E-state index contributed by atoms with van der Waals surface area (Å²) in [5.74, 6) is 0. The van der Waals surface area contributed by atoms with E-state index < -0.39 is 0 Å². The van der Waals surface area contributed by atoms with Gasteiger partial charge >= 0.3 is 0 Å². The van der Waals surface area contributed by atoms with Crippen LogP contribution < -0.4 is 5.73 Å². The van der Waals surface area contributed by atoms with E-state index in [0.717, 1.165) is 0 Å². The molecule has 0 heterocycles. The number of unbranched alkanes of at least 4 members (excludes halogenated alkanes) is 9. The quantitative estimate of drug-likeness (QED) is 0.364. The lowest BCUT2D eigenvalue weighted by Gasteiger charge is -2.32. The Morgan fingerprint density at radius 3 is 1.65 bits per heavy atom. The molecule has 0 aliphatic heterocycles. The molecule has 122 valence electrons. The van der Waals surface area contributed by atoms with Crippen LogP contribution in [0.1, 0.15) is 111 Å². The first-order valence-corrected chi connectivity index (χ1v) is 9.30. The van der Waals surface area contributed by atoms with Gasteiger partial charge in [-0.05, 0) is 18.3 Å². The normalized spacial score (nSPS) is 13.7. The van der Waals surface area contributed by atoms with Crippen LogP contribution in [0.5, 0.6) is 0 Å². The molecule has 0 rings (SSSR count). The van der Waals surface area contributed by atoms with Crippen molar-refractivity contribution in [3.8, 4) is 0 Å². The van der Waals surface area contributed by atoms with Gasteiger partial charge in [-0.15, -0.1) is 0 Å². The summed E-state index contributed by atoms with van der Waals surface area (Å²) in [5.41, 5.74) is 6.68. The maximum Gasteiger partial charge on any atom is 0.00902 e. The Morgan fingerprint density at radius 1 is 0.700 bits per heavy atom. The summed E-state index contributed by atoms with van der Waals surface area (Å²) in [6.07, 6.45) is 17.8. The fraction of sp³-hybridized carbons (Fsp3) is 1.00. The summed E-state index contributed by atoms with van der Waals surface area (Å²) in [6, 6.07) is 0.386. The van der Waals surface area contributed by atoms with Gasteiger partial charge in [0.1, 0.15) is 0 Å². The summed E-state index contributed by atoms with van der Waals surface area (Å²) in [6.45, 7) is 9.25. The molecule has 1 unspecified atom stereocenters. The van der Waals surface area contributed by atoms with E-state index in [1.54, 1.807) is 0 Å². The molecule has 0 aliphatic carbocycles. The fourth-order valence-electron chi connectivity index (χ4n) is 2.89. The summed E-state index contributed by atoms with van der Waals surface area (Å²) < 4.78 is 0. The van der Waals surface area contributed by atoms with Crippen LogP contribution in [0.2, 0.25) is 0 Å². The number of hydrogen-bond acceptors (Lipinski definition) is 1. The average molecular weight is 284 g/mol. The highest BCUT2D eigenvalue weighted by Gasteiger charge is 2.24. The van der Waals surface area contributed by atoms with Crippen molar-refractivity contribution in [3.05, 3.63) is 0 Å². The summed E-state index contributed by atoms with van der Waals surface area (Å²) in [7, 11) is 0. The van der Waals surface area contributed by atoms with Crippen molar-refractivity contribution in [2.45, 2.75) is 117 Å². The van der Waals surface area contributed by atoms with Crippen molar-refractivity contribution < 1.29 is 0 Å². The van der Waals surface area contributed by atoms with Gasteiger partial charge in [0.05, 0.1) is 0 Å². The first kappa shape index (κ1) is 20.0. The second-order valence-electron chi connectivity index (χ2n) is 7.32. The second-order valence-corrected chi connectivity index (χ2v) is 7.32. The van der Waals surface area contributed by atoms with Crippen LogP contribution in [0.3, 0.4) is 0 Å². The first-order valence-electron chi connectivity index (χ1n) is 9.30. The van der Waals surface area contributed by atoms with Crippen LogP contribution in [0.25, 0.3) is 0 Å². The molecule has 0 saturated carbocycles. The molecule has 0 aromatic heterocycles. The van der Waals surface area contributed by atoms with Gasteiger partial charge < -0.3 is 5.73 Å². The zero-order valence-electron chi connectivity index (χ0n) is 14.8. The third kappa shape index (κ3) is 10.7. The molecule has 0 radical (unpaired) electrons. The van der Waals surface area contributed by atoms with Crippen molar-refractivity contribution in [1.82, 2.24) is 0 Å². The lowest BCUT2D eigenvalue weighted by atomic mass is 9.78. The molecule has 0 bridgehead atoms. The van der Waals surface area contributed by atoms with E-state index in [2.05, 4.69) is 27.7 Å². The van der Waals surface area contributed by atoms with Crippen LogP contribution in [-0.4, -0.2) is 6.04 Å². The van der Waals surface area contributed by atoms with Crippen LogP contribution in [0.15, 0.2) is 0 Å². The van der Waals surface area contributed by atoms with E-state index >= 15 is 0 Å². The van der Waals surface area contributed by atoms with E-state index in [1.807, 2.05) is 0 Å². The largest absolute Gasteiger partial charge is 0.327 e. The van der Waals surface area contributed by atoms with Crippen molar-refractivity contribution in [2.24, 2.45) is 11.1 Å². The zero-order chi connectivity index (χ0) is 15.3. The SMILES string of the molecule is CCCCCCCCCCCC(C)(C)C(N)CCCC. The predicted molar refractivity (Wildman–Crippen MR) is 93.1 cm³/mol. The van der Waals surface area contributed by atoms with Gasteiger partial charge in [-0.2, -0.15) is 0 Å². The Kier molecular flexibility index (Phi) is 12.7. The number of hydrogen-bond donors (Lipinski definition) is 1. The van der Waals surface area contributed by atoms with E-state index in [4.69, 9.17) is 5.73 Å². The lowest BCUT2D eigenvalue weighted by molar-refractivity contribution is 0.239. The van der Waals surface area contributed by atoms with Crippen LogP contribution in [-0.2, 0) is 0 Å². The smallest absolute Gasteiger partial charge is 0.00902 e. The Labute approximate surface area is 129 Å². The monoisotopic (exact) mass is 283 g/mol. The Hall–Kier alpha value is -0.0400. The topological polar surface area (TPSA) is 26.0 Å². The van der Waals surface area contributed by atoms with Gasteiger partial charge in [0.15, 0.2) is 0 Å². The maximum absolute atomic E-state index is 6.35. The molecule has 0 aliphatic rings. The zero-order valence-corrected chi connectivity index (χ0v) is 14.8. The average Bonchev–Trinajstić information content (AvgIpc) is 2.42. The molecule has 0 saturated heterocycles. The van der Waals surface area contributed by atoms with E-state index in [9.17, 15) is 0 Å². The minimum atomic E-state index is 0.330. The van der Waals surface area contributed by atoms with Crippen LogP contribution >= 0.6 is 0 Å². The Morgan fingerprint density at radius 2 is 1.15 bits per heavy atom. The fourth-order valence-corrected chi connectivity index (χ4v) is 2.89. The molecule has 2 N–H and O–H groups in total. The molecule has 1 nitrogen and oxygen atoms in total. The van der Waals surface area contributed by atoms with Crippen molar-refractivity contribution in [1.29, 1.82) is 0 Å². The Balaban J connectivity index is 3.48. The Bertz CT molecular complexity index is 198. The minimum absolute atomic E-state index is 0.330. The second kappa shape index (κ2) is 12.7. The molecule has 0 amide bonds. The van der Waals surface area contributed by atoms with E-state index in [0.29, 0.717) is 11.5 Å². The molecule has 1 atom stereocenters. The van der Waals surface area contributed by atoms with E-state index in [-0.39, 0.29) is 0 Å². The summed E-state index contributed by atoms with van der Waals surface area (Å²) >= 11 is 0. The van der Waals surface area contributed by atoms with Gasteiger partial charge in [0, 0.05) is 6.04 Å². The molecule has 1 heteroatoms. The molecule has 20 heavy (non-hydrogen) atoms. The molecular weight excluding hydrogens is 242 g/mol. The summed E-state index contributed by atoms with van der Waals surface area (Å²) in [5, 5.41) is 0. The predicted octanol–water partition coefficient (Wildman–Crippen LogP) is 6.45. The molecular formula is C19H41N. The van der Waals surface area contributed by atoms with Gasteiger partial charge in [-0.25, -0.2) is 0 Å². The lowest BCUT2D eigenvalue weighted by Crippen LogP contribution is -2.37. The number of rotatable bonds is 14. The first-order chi connectivity index (χ1) is 9.54. The van der Waals surface area contributed by atoms with Crippen molar-refractivity contribution in [3.63, 3.8) is 0 Å². The standard InChI is InChI=1S/C19H41N/c1-5-7-9-10-11-12-13-14-15-17-19(3,4)18(20)16-8-6-2/h18H,5-17,20H2,1-4H3. The maximum atomic E-state index is 6.35. The third-order valence-electron chi connectivity index (χ3n) is 4.80. The summed E-state index contributed by atoms with van der Waals surface area (Å²) in [4.78, 5) is 0. The molecule has 0 aromatic rings. The number of nitrogens with two attached hydrogens (primary N) is 1. The highest BCUT2D eigenvalue weighted by atomic mass is 14.7. The molecule has 0 aromatic carbocycles. The van der Waals surface area contributed by atoms with Gasteiger partial charge in [-0.3, -0.25) is 0 Å². The van der Waals surface area contributed by atoms with E-state index in [1.165, 1.54) is 83.5 Å². The molecule has 0 spiro atoms. The molecule has 0 fully saturated rings. The van der Waals surface area contributed by atoms with Gasteiger partial charge in [-0.1, -0.05) is 98.3 Å². The van der Waals surface area contributed by atoms with Crippen molar-refractivity contribution in [2.75, 3.05) is 0 Å². The van der Waals surface area contributed by atoms with Gasteiger partial charge in [0.25, 0.3) is 0 Å². The third-order valence-corrected chi connectivity index (χ3v) is 4.80. The highest BCUT2D eigenvalue weighted by Crippen LogP contribution is 2.29. The minimum Gasteiger partial charge on any atom is -0.327 e. The highest BCUT2D eigenvalue weighted by molar-refractivity contribution is 4.81. The van der Waals surface area contributed by atoms with Crippen molar-refractivity contribution >= 4 is 0 Å². The van der Waals surface area contributed by atoms with Crippen LogP contribution in [0, 0.1) is 5.41 Å².